The molecule has 2 rings (SSSR count). The van der Waals surface area contributed by atoms with Crippen molar-refractivity contribution in [3.63, 3.8) is 0 Å². The van der Waals surface area contributed by atoms with Crippen LogP contribution in [-0.4, -0.2) is 25.3 Å². The Morgan fingerprint density at radius 3 is 2.55 bits per heavy atom. The largest absolute Gasteiger partial charge is 0.489 e. The van der Waals surface area contributed by atoms with Crippen LogP contribution in [0, 0.1) is 0 Å². The number of ether oxygens (including phenoxy) is 1. The highest BCUT2D eigenvalue weighted by Crippen LogP contribution is 2.32. The third-order valence-corrected chi connectivity index (χ3v) is 4.02. The lowest BCUT2D eigenvalue weighted by Crippen LogP contribution is -2.02. The quantitative estimate of drug-likeness (QED) is 0.421. The van der Waals surface area contributed by atoms with Gasteiger partial charge in [0.25, 0.3) is 0 Å². The summed E-state index contributed by atoms with van der Waals surface area (Å²) in [6.45, 7) is 0.243. The third kappa shape index (κ3) is 4.54. The first-order chi connectivity index (χ1) is 10.5. The maximum Gasteiger partial charge on any atom is 0.120 e. The molecule has 0 N–H and O–H groups in total. The summed E-state index contributed by atoms with van der Waals surface area (Å²) in [6.07, 6.45) is 1.76. The van der Waals surface area contributed by atoms with E-state index in [0.29, 0.717) is 26.4 Å². The lowest BCUT2D eigenvalue weighted by Gasteiger charge is -2.11. The molecule has 2 aromatic carbocycles. The van der Waals surface area contributed by atoms with Crippen molar-refractivity contribution in [2.24, 2.45) is 5.10 Å². The van der Waals surface area contributed by atoms with Gasteiger partial charge in [0.15, 0.2) is 0 Å². The second kappa shape index (κ2) is 7.73. The van der Waals surface area contributed by atoms with Crippen LogP contribution in [0.15, 0.2) is 41.5 Å². The second-order valence-corrected chi connectivity index (χ2v) is 5.97. The fraction of sp³-hybridized carbons (Fsp3) is 0.188. The molecular weight excluding hydrogens is 343 g/mol. The van der Waals surface area contributed by atoms with Gasteiger partial charge < -0.3 is 9.75 Å². The van der Waals surface area contributed by atoms with Gasteiger partial charge in [-0.3, -0.25) is 0 Å². The van der Waals surface area contributed by atoms with Crippen LogP contribution in [-0.2, 0) is 6.61 Å². The second-order valence-electron chi connectivity index (χ2n) is 4.77. The molecule has 3 nitrogen and oxygen atoms in total. The SMILES string of the molecule is CN(C)/N=C/c1cccc(OCc2c(Cl)ccc(Cl)c2Cl)c1. The predicted molar refractivity (Wildman–Crippen MR) is 93.5 cm³/mol. The Kier molecular flexibility index (Phi) is 5.95. The number of benzene rings is 2. The summed E-state index contributed by atoms with van der Waals surface area (Å²) in [6, 6.07) is 11.0. The van der Waals surface area contributed by atoms with E-state index in [4.69, 9.17) is 39.5 Å². The minimum atomic E-state index is 0.243. The Labute approximate surface area is 145 Å². The highest BCUT2D eigenvalue weighted by Gasteiger charge is 2.10. The molecule has 0 bridgehead atoms. The first-order valence-electron chi connectivity index (χ1n) is 6.54. The molecule has 0 atom stereocenters. The zero-order chi connectivity index (χ0) is 16.1. The van der Waals surface area contributed by atoms with Crippen molar-refractivity contribution < 1.29 is 4.74 Å². The average Bonchev–Trinajstić information content (AvgIpc) is 2.49. The van der Waals surface area contributed by atoms with Gasteiger partial charge in [0.05, 0.1) is 16.3 Å². The molecule has 0 aliphatic carbocycles. The summed E-state index contributed by atoms with van der Waals surface area (Å²) in [5, 5.41) is 7.31. The Morgan fingerprint density at radius 2 is 1.82 bits per heavy atom. The maximum atomic E-state index is 6.16. The molecule has 0 radical (unpaired) electrons. The topological polar surface area (TPSA) is 24.8 Å². The predicted octanol–water partition coefficient (Wildman–Crippen LogP) is 5.12. The molecule has 0 saturated carbocycles. The zero-order valence-electron chi connectivity index (χ0n) is 12.2. The van der Waals surface area contributed by atoms with Crippen LogP contribution in [0.1, 0.15) is 11.1 Å². The van der Waals surface area contributed by atoms with Gasteiger partial charge in [0, 0.05) is 24.7 Å². The minimum absolute atomic E-state index is 0.243. The van der Waals surface area contributed by atoms with Crippen molar-refractivity contribution in [1.29, 1.82) is 0 Å². The number of rotatable bonds is 5. The van der Waals surface area contributed by atoms with Crippen molar-refractivity contribution in [3.05, 3.63) is 62.6 Å². The molecule has 0 amide bonds. The lowest BCUT2D eigenvalue weighted by molar-refractivity contribution is 0.306. The van der Waals surface area contributed by atoms with Crippen LogP contribution >= 0.6 is 34.8 Å². The first kappa shape index (κ1) is 16.9. The first-order valence-corrected chi connectivity index (χ1v) is 7.67. The molecular formula is C16H15Cl3N2O. The molecule has 0 aliphatic heterocycles. The average molecular weight is 358 g/mol. The molecule has 0 fully saturated rings. The monoisotopic (exact) mass is 356 g/mol. The number of halogens is 3. The van der Waals surface area contributed by atoms with Gasteiger partial charge in [0.2, 0.25) is 0 Å². The van der Waals surface area contributed by atoms with Crippen molar-refractivity contribution in [2.45, 2.75) is 6.61 Å². The molecule has 0 aliphatic rings. The summed E-state index contributed by atoms with van der Waals surface area (Å²) in [4.78, 5) is 0. The van der Waals surface area contributed by atoms with Gasteiger partial charge in [-0.05, 0) is 29.8 Å². The van der Waals surface area contributed by atoms with Gasteiger partial charge in [-0.25, -0.2) is 0 Å². The van der Waals surface area contributed by atoms with E-state index in [2.05, 4.69) is 5.10 Å². The van der Waals surface area contributed by atoms with E-state index in [1.807, 2.05) is 38.4 Å². The van der Waals surface area contributed by atoms with Gasteiger partial charge in [-0.1, -0.05) is 46.9 Å². The molecule has 0 aromatic heterocycles. The van der Waals surface area contributed by atoms with Crippen LogP contribution in [0.2, 0.25) is 15.1 Å². The number of hydrogen-bond acceptors (Lipinski definition) is 3. The Morgan fingerprint density at radius 1 is 1.09 bits per heavy atom. The lowest BCUT2D eigenvalue weighted by atomic mass is 10.2. The zero-order valence-corrected chi connectivity index (χ0v) is 14.5. The third-order valence-electron chi connectivity index (χ3n) is 2.82. The van der Waals surface area contributed by atoms with E-state index in [-0.39, 0.29) is 6.61 Å². The molecule has 116 valence electrons. The van der Waals surface area contributed by atoms with Gasteiger partial charge >= 0.3 is 0 Å². The summed E-state index contributed by atoms with van der Waals surface area (Å²) in [7, 11) is 3.72. The van der Waals surface area contributed by atoms with E-state index in [1.54, 1.807) is 23.4 Å². The fourth-order valence-corrected chi connectivity index (χ4v) is 2.38. The van der Waals surface area contributed by atoms with Crippen LogP contribution in [0.4, 0.5) is 0 Å². The van der Waals surface area contributed by atoms with Crippen LogP contribution in [0.5, 0.6) is 5.75 Å². The van der Waals surface area contributed by atoms with Crippen molar-refractivity contribution >= 4 is 41.0 Å². The summed E-state index contributed by atoms with van der Waals surface area (Å²) in [5.41, 5.74) is 1.61. The number of hydrazone groups is 1. The maximum absolute atomic E-state index is 6.16. The van der Waals surface area contributed by atoms with E-state index >= 15 is 0 Å². The Bertz CT molecular complexity index is 687. The molecule has 0 spiro atoms. The molecule has 2 aromatic rings. The number of nitrogens with zero attached hydrogens (tertiary/aromatic N) is 2. The van der Waals surface area contributed by atoms with Gasteiger partial charge in [-0.2, -0.15) is 5.10 Å². The standard InChI is InChI=1S/C16H15Cl3N2O/c1-21(2)20-9-11-4-3-5-12(8-11)22-10-13-14(17)6-7-15(18)16(13)19/h3-9H,10H2,1-2H3/b20-9+. The van der Waals surface area contributed by atoms with E-state index in [1.165, 1.54) is 0 Å². The molecule has 0 heterocycles. The summed E-state index contributed by atoms with van der Waals surface area (Å²) < 4.78 is 5.75. The van der Waals surface area contributed by atoms with Crippen molar-refractivity contribution in [1.82, 2.24) is 5.01 Å². The molecule has 0 unspecified atom stereocenters. The summed E-state index contributed by atoms with van der Waals surface area (Å²) >= 11 is 18.3. The van der Waals surface area contributed by atoms with E-state index in [0.717, 1.165) is 5.56 Å². The van der Waals surface area contributed by atoms with Crippen molar-refractivity contribution in [3.8, 4) is 5.75 Å². The normalized spacial score (nSPS) is 11.0. The smallest absolute Gasteiger partial charge is 0.120 e. The minimum Gasteiger partial charge on any atom is -0.489 e. The van der Waals surface area contributed by atoms with Gasteiger partial charge in [0.1, 0.15) is 12.4 Å². The highest BCUT2D eigenvalue weighted by atomic mass is 35.5. The fourth-order valence-electron chi connectivity index (χ4n) is 1.72. The molecule has 6 heteroatoms. The van der Waals surface area contributed by atoms with E-state index < -0.39 is 0 Å². The van der Waals surface area contributed by atoms with Crippen molar-refractivity contribution in [2.75, 3.05) is 14.1 Å². The molecule has 0 saturated heterocycles. The van der Waals surface area contributed by atoms with Crippen LogP contribution < -0.4 is 4.74 Å². The Hall–Kier alpha value is -1.42. The molecule has 22 heavy (non-hydrogen) atoms. The van der Waals surface area contributed by atoms with E-state index in [9.17, 15) is 0 Å². The highest BCUT2D eigenvalue weighted by molar-refractivity contribution is 6.44. The van der Waals surface area contributed by atoms with Crippen LogP contribution in [0.25, 0.3) is 0 Å². The summed E-state index contributed by atoms with van der Waals surface area (Å²) in [5.74, 6) is 0.704. The number of hydrogen-bond donors (Lipinski definition) is 0. The Balaban J connectivity index is 2.12. The van der Waals surface area contributed by atoms with Gasteiger partial charge in [-0.15, -0.1) is 0 Å². The van der Waals surface area contributed by atoms with Crippen LogP contribution in [0.3, 0.4) is 0 Å².